The molecule has 0 spiro atoms. The van der Waals surface area contributed by atoms with Crippen molar-refractivity contribution in [1.82, 2.24) is 0 Å². The number of nitrogens with zero attached hydrogens (tertiary/aromatic N) is 1. The summed E-state index contributed by atoms with van der Waals surface area (Å²) < 4.78 is 18.6. The highest BCUT2D eigenvalue weighted by Crippen LogP contribution is 2.29. The van der Waals surface area contributed by atoms with Crippen LogP contribution >= 0.6 is 0 Å². The van der Waals surface area contributed by atoms with E-state index in [0.717, 1.165) is 31.6 Å². The average Bonchev–Trinajstić information content (AvgIpc) is 2.39. The van der Waals surface area contributed by atoms with Gasteiger partial charge >= 0.3 is 0 Å². The molecule has 4 heteroatoms. The summed E-state index contributed by atoms with van der Waals surface area (Å²) in [6, 6.07) is 4.62. The number of aliphatic hydroxyl groups is 1. The number of hydrogen-bond acceptors (Lipinski definition) is 3. The minimum absolute atomic E-state index is 0.304. The molecule has 1 atom stereocenters. The van der Waals surface area contributed by atoms with Gasteiger partial charge in [-0.15, -0.1) is 0 Å². The average molecular weight is 253 g/mol. The van der Waals surface area contributed by atoms with Gasteiger partial charge < -0.3 is 14.7 Å². The number of anilines is 1. The topological polar surface area (TPSA) is 32.7 Å². The Labute approximate surface area is 107 Å². The van der Waals surface area contributed by atoms with Crippen molar-refractivity contribution in [3.8, 4) is 0 Å². The number of aliphatic hydroxyl groups excluding tert-OH is 1. The van der Waals surface area contributed by atoms with Crippen molar-refractivity contribution in [3.05, 3.63) is 29.6 Å². The standard InChI is InChI=1S/C14H20FNO2/c1-10(17)13-9-11(15)3-4-14(13)16-7-5-12(18-2)6-8-16/h3-4,9-10,12,17H,5-8H2,1-2H3/t10-/m0/s1. The molecule has 0 amide bonds. The zero-order chi connectivity index (χ0) is 13.1. The number of benzene rings is 1. The lowest BCUT2D eigenvalue weighted by Crippen LogP contribution is -2.37. The largest absolute Gasteiger partial charge is 0.389 e. The van der Waals surface area contributed by atoms with E-state index in [0.29, 0.717) is 11.7 Å². The van der Waals surface area contributed by atoms with Gasteiger partial charge in [-0.3, -0.25) is 0 Å². The zero-order valence-electron chi connectivity index (χ0n) is 10.9. The molecule has 1 saturated heterocycles. The van der Waals surface area contributed by atoms with Crippen LogP contribution in [0.2, 0.25) is 0 Å². The molecule has 1 aromatic rings. The van der Waals surface area contributed by atoms with Crippen molar-refractivity contribution in [1.29, 1.82) is 0 Å². The molecule has 18 heavy (non-hydrogen) atoms. The van der Waals surface area contributed by atoms with Crippen LogP contribution in [-0.4, -0.2) is 31.4 Å². The Morgan fingerprint density at radius 3 is 2.61 bits per heavy atom. The third-order valence-electron chi connectivity index (χ3n) is 3.56. The molecule has 0 radical (unpaired) electrons. The van der Waals surface area contributed by atoms with Crippen LogP contribution in [0.4, 0.5) is 10.1 Å². The summed E-state index contributed by atoms with van der Waals surface area (Å²) in [7, 11) is 1.74. The number of ether oxygens (including phenoxy) is 1. The van der Waals surface area contributed by atoms with E-state index in [1.807, 2.05) is 0 Å². The molecule has 0 unspecified atom stereocenters. The first-order valence-electron chi connectivity index (χ1n) is 6.37. The SMILES string of the molecule is COC1CCN(c2ccc(F)cc2[C@H](C)O)CC1. The molecule has 0 aromatic heterocycles. The lowest BCUT2D eigenvalue weighted by Gasteiger charge is -2.34. The summed E-state index contributed by atoms with van der Waals surface area (Å²) in [6.45, 7) is 3.42. The summed E-state index contributed by atoms with van der Waals surface area (Å²) in [5.74, 6) is -0.304. The van der Waals surface area contributed by atoms with Crippen molar-refractivity contribution >= 4 is 5.69 Å². The van der Waals surface area contributed by atoms with E-state index < -0.39 is 6.10 Å². The zero-order valence-corrected chi connectivity index (χ0v) is 10.9. The normalized spacial score (nSPS) is 19.0. The van der Waals surface area contributed by atoms with E-state index in [-0.39, 0.29) is 5.82 Å². The Hall–Kier alpha value is -1.13. The fourth-order valence-corrected chi connectivity index (χ4v) is 2.48. The molecule has 1 aliphatic heterocycles. The van der Waals surface area contributed by atoms with Gasteiger partial charge in [-0.1, -0.05) is 0 Å². The van der Waals surface area contributed by atoms with E-state index in [1.165, 1.54) is 12.1 Å². The fourth-order valence-electron chi connectivity index (χ4n) is 2.48. The number of rotatable bonds is 3. The highest BCUT2D eigenvalue weighted by molar-refractivity contribution is 5.55. The second kappa shape index (κ2) is 5.67. The first-order chi connectivity index (χ1) is 8.61. The maximum atomic E-state index is 13.2. The van der Waals surface area contributed by atoms with Crippen molar-refractivity contribution in [2.45, 2.75) is 32.0 Å². The molecule has 1 fully saturated rings. The molecular formula is C14H20FNO2. The Balaban J connectivity index is 2.18. The minimum atomic E-state index is -0.657. The van der Waals surface area contributed by atoms with E-state index in [9.17, 15) is 9.50 Å². The second-order valence-electron chi connectivity index (χ2n) is 4.80. The molecule has 1 N–H and O–H groups in total. The summed E-state index contributed by atoms with van der Waals surface area (Å²) in [5.41, 5.74) is 1.59. The third-order valence-corrected chi connectivity index (χ3v) is 3.56. The van der Waals surface area contributed by atoms with Crippen LogP contribution < -0.4 is 4.90 Å². The van der Waals surface area contributed by atoms with Crippen LogP contribution in [-0.2, 0) is 4.74 Å². The Morgan fingerprint density at radius 2 is 2.06 bits per heavy atom. The molecular weight excluding hydrogens is 233 g/mol. The predicted octanol–water partition coefficient (Wildman–Crippen LogP) is 2.49. The van der Waals surface area contributed by atoms with E-state index in [2.05, 4.69) is 4.90 Å². The van der Waals surface area contributed by atoms with Gasteiger partial charge in [0, 0.05) is 31.5 Å². The molecule has 2 rings (SSSR count). The molecule has 3 nitrogen and oxygen atoms in total. The summed E-state index contributed by atoms with van der Waals surface area (Å²) in [4.78, 5) is 2.19. The molecule has 1 aromatic carbocycles. The molecule has 100 valence electrons. The lowest BCUT2D eigenvalue weighted by atomic mass is 10.0. The Bertz CT molecular complexity index is 401. The van der Waals surface area contributed by atoms with Crippen LogP contribution in [0.15, 0.2) is 18.2 Å². The number of halogens is 1. The highest BCUT2D eigenvalue weighted by Gasteiger charge is 2.22. The lowest BCUT2D eigenvalue weighted by molar-refractivity contribution is 0.0818. The first-order valence-corrected chi connectivity index (χ1v) is 6.37. The monoisotopic (exact) mass is 253 g/mol. The molecule has 0 bridgehead atoms. The summed E-state index contributed by atoms with van der Waals surface area (Å²) in [6.07, 6.45) is 1.59. The van der Waals surface area contributed by atoms with Gasteiger partial charge in [-0.2, -0.15) is 0 Å². The minimum Gasteiger partial charge on any atom is -0.389 e. The van der Waals surface area contributed by atoms with Gasteiger partial charge in [0.1, 0.15) is 5.82 Å². The smallest absolute Gasteiger partial charge is 0.123 e. The molecule has 1 aliphatic rings. The predicted molar refractivity (Wildman–Crippen MR) is 69.3 cm³/mol. The molecule has 0 saturated carbocycles. The Kier molecular flexibility index (Phi) is 4.19. The van der Waals surface area contributed by atoms with E-state index >= 15 is 0 Å². The number of hydrogen-bond donors (Lipinski definition) is 1. The Morgan fingerprint density at radius 1 is 1.39 bits per heavy atom. The second-order valence-corrected chi connectivity index (χ2v) is 4.80. The highest BCUT2D eigenvalue weighted by atomic mass is 19.1. The van der Waals surface area contributed by atoms with Crippen molar-refractivity contribution in [3.63, 3.8) is 0 Å². The van der Waals surface area contributed by atoms with Gasteiger partial charge in [0.05, 0.1) is 12.2 Å². The van der Waals surface area contributed by atoms with Gasteiger partial charge in [-0.25, -0.2) is 4.39 Å². The molecule has 0 aliphatic carbocycles. The van der Waals surface area contributed by atoms with Gasteiger partial charge in [-0.05, 0) is 38.0 Å². The van der Waals surface area contributed by atoms with E-state index in [1.54, 1.807) is 20.1 Å². The van der Waals surface area contributed by atoms with Crippen molar-refractivity contribution in [2.24, 2.45) is 0 Å². The summed E-state index contributed by atoms with van der Waals surface area (Å²) >= 11 is 0. The maximum absolute atomic E-state index is 13.2. The van der Waals surface area contributed by atoms with E-state index in [4.69, 9.17) is 4.74 Å². The maximum Gasteiger partial charge on any atom is 0.123 e. The summed E-state index contributed by atoms with van der Waals surface area (Å²) in [5, 5.41) is 9.74. The van der Waals surface area contributed by atoms with Crippen LogP contribution in [0.1, 0.15) is 31.4 Å². The van der Waals surface area contributed by atoms with Crippen LogP contribution in [0, 0.1) is 5.82 Å². The number of methoxy groups -OCH3 is 1. The first kappa shape index (κ1) is 13.3. The van der Waals surface area contributed by atoms with Crippen LogP contribution in [0.3, 0.4) is 0 Å². The van der Waals surface area contributed by atoms with Gasteiger partial charge in [0.15, 0.2) is 0 Å². The van der Waals surface area contributed by atoms with Crippen molar-refractivity contribution in [2.75, 3.05) is 25.1 Å². The van der Waals surface area contributed by atoms with Crippen molar-refractivity contribution < 1.29 is 14.2 Å². The fraction of sp³-hybridized carbons (Fsp3) is 0.571. The van der Waals surface area contributed by atoms with Crippen LogP contribution in [0.5, 0.6) is 0 Å². The van der Waals surface area contributed by atoms with Gasteiger partial charge in [0.25, 0.3) is 0 Å². The van der Waals surface area contributed by atoms with Gasteiger partial charge in [0.2, 0.25) is 0 Å². The quantitative estimate of drug-likeness (QED) is 0.898. The van der Waals surface area contributed by atoms with Crippen LogP contribution in [0.25, 0.3) is 0 Å². The number of piperidine rings is 1. The molecule has 1 heterocycles. The third kappa shape index (κ3) is 2.82.